The Balaban J connectivity index is 1.78. The molecule has 1 unspecified atom stereocenters. The van der Waals surface area contributed by atoms with Gasteiger partial charge in [-0.05, 0) is 48.2 Å². The van der Waals surface area contributed by atoms with Crippen molar-refractivity contribution in [2.45, 2.75) is 33.7 Å². The summed E-state index contributed by atoms with van der Waals surface area (Å²) in [6.45, 7) is 6.93. The van der Waals surface area contributed by atoms with Gasteiger partial charge in [0.2, 0.25) is 0 Å². The summed E-state index contributed by atoms with van der Waals surface area (Å²) in [7, 11) is 0. The lowest BCUT2D eigenvalue weighted by molar-refractivity contribution is 0.102. The molecular weight excluding hydrogens is 369 g/mol. The summed E-state index contributed by atoms with van der Waals surface area (Å²) >= 11 is 0. The molecule has 3 rings (SSSR count). The third-order valence-electron chi connectivity index (χ3n) is 5.06. The van der Waals surface area contributed by atoms with Crippen molar-refractivity contribution in [1.29, 1.82) is 0 Å². The predicted molar refractivity (Wildman–Crippen MR) is 114 cm³/mol. The van der Waals surface area contributed by atoms with E-state index in [9.17, 15) is 9.18 Å². The molecule has 0 saturated heterocycles. The molecule has 0 bridgehead atoms. The average Bonchev–Trinajstić information content (AvgIpc) is 2.73. The minimum absolute atomic E-state index is 0.0353. The number of fused-ring (bicyclic) bond motifs is 1. The monoisotopic (exact) mass is 395 g/mol. The van der Waals surface area contributed by atoms with Gasteiger partial charge in [0, 0.05) is 29.9 Å². The van der Waals surface area contributed by atoms with E-state index < -0.39 is 11.7 Å². The fourth-order valence-electron chi connectivity index (χ4n) is 2.96. The molecule has 3 aromatic rings. The maximum atomic E-state index is 14.5. The number of nitrogens with two attached hydrogens (primary N) is 1. The van der Waals surface area contributed by atoms with E-state index in [-0.39, 0.29) is 5.56 Å². The van der Waals surface area contributed by atoms with E-state index in [4.69, 9.17) is 10.5 Å². The van der Waals surface area contributed by atoms with E-state index in [2.05, 4.69) is 24.1 Å². The van der Waals surface area contributed by atoms with Crippen LogP contribution in [0, 0.1) is 18.7 Å². The van der Waals surface area contributed by atoms with Gasteiger partial charge in [0.05, 0.1) is 17.7 Å². The summed E-state index contributed by atoms with van der Waals surface area (Å²) in [6.07, 6.45) is 2.70. The molecule has 1 amide bonds. The first-order valence-corrected chi connectivity index (χ1v) is 9.75. The number of aryl methyl sites for hydroxylation is 1. The number of hydrogen-bond acceptors (Lipinski definition) is 4. The second-order valence-corrected chi connectivity index (χ2v) is 7.28. The number of rotatable bonds is 7. The van der Waals surface area contributed by atoms with Crippen molar-refractivity contribution in [2.24, 2.45) is 11.7 Å². The molecule has 152 valence electrons. The lowest BCUT2D eigenvalue weighted by Gasteiger charge is -2.13. The molecular formula is C23H26FN3O2. The van der Waals surface area contributed by atoms with Crippen molar-refractivity contribution in [3.05, 3.63) is 65.1 Å². The van der Waals surface area contributed by atoms with Crippen LogP contribution in [-0.4, -0.2) is 17.5 Å². The first-order chi connectivity index (χ1) is 13.9. The number of carbonyl (C=O) groups is 1. The Morgan fingerprint density at radius 1 is 1.28 bits per heavy atom. The SMILES string of the molecule is CCC(C)COc1ccc(C(=O)Nc2ccc3cc(CN)cnc3c2C)c(F)c1. The fraction of sp³-hybridized carbons (Fsp3) is 0.304. The molecule has 1 aromatic heterocycles. The smallest absolute Gasteiger partial charge is 0.258 e. The van der Waals surface area contributed by atoms with Gasteiger partial charge < -0.3 is 15.8 Å². The third kappa shape index (κ3) is 4.71. The molecule has 0 aliphatic carbocycles. The maximum Gasteiger partial charge on any atom is 0.258 e. The highest BCUT2D eigenvalue weighted by Gasteiger charge is 2.15. The standard InChI is InChI=1S/C23H26FN3O2/c1-4-14(2)13-29-18-6-7-19(20(24)10-18)23(28)27-21-8-5-17-9-16(11-25)12-26-22(17)15(21)3/h5-10,12,14H,4,11,13,25H2,1-3H3,(H,27,28). The summed E-state index contributed by atoms with van der Waals surface area (Å²) in [6, 6.07) is 9.94. The van der Waals surface area contributed by atoms with Crippen LogP contribution < -0.4 is 15.8 Å². The second-order valence-electron chi connectivity index (χ2n) is 7.28. The summed E-state index contributed by atoms with van der Waals surface area (Å²) in [5.74, 6) is -0.335. The Kier molecular flexibility index (Phi) is 6.44. The lowest BCUT2D eigenvalue weighted by atomic mass is 10.1. The van der Waals surface area contributed by atoms with E-state index in [1.54, 1.807) is 18.3 Å². The Morgan fingerprint density at radius 2 is 2.07 bits per heavy atom. The van der Waals surface area contributed by atoms with Crippen molar-refractivity contribution in [2.75, 3.05) is 11.9 Å². The van der Waals surface area contributed by atoms with Crippen LogP contribution in [0.2, 0.25) is 0 Å². The van der Waals surface area contributed by atoms with Crippen LogP contribution in [0.3, 0.4) is 0 Å². The summed E-state index contributed by atoms with van der Waals surface area (Å²) in [5, 5.41) is 3.72. The molecule has 0 spiro atoms. The Labute approximate surface area is 170 Å². The quantitative estimate of drug-likeness (QED) is 0.601. The molecule has 0 fully saturated rings. The molecule has 3 N–H and O–H groups in total. The molecule has 0 aliphatic heterocycles. The maximum absolute atomic E-state index is 14.5. The van der Waals surface area contributed by atoms with Crippen molar-refractivity contribution < 1.29 is 13.9 Å². The number of halogens is 1. The van der Waals surface area contributed by atoms with Gasteiger partial charge in [-0.1, -0.05) is 26.3 Å². The normalized spacial score (nSPS) is 12.0. The minimum Gasteiger partial charge on any atom is -0.493 e. The highest BCUT2D eigenvalue weighted by Crippen LogP contribution is 2.26. The van der Waals surface area contributed by atoms with Gasteiger partial charge in [0.1, 0.15) is 11.6 Å². The first-order valence-electron chi connectivity index (χ1n) is 9.75. The number of nitrogens with one attached hydrogen (secondary N) is 1. The molecule has 0 aliphatic rings. The topological polar surface area (TPSA) is 77.2 Å². The van der Waals surface area contributed by atoms with Crippen LogP contribution >= 0.6 is 0 Å². The molecule has 1 heterocycles. The van der Waals surface area contributed by atoms with Gasteiger partial charge in [0.15, 0.2) is 0 Å². The lowest BCUT2D eigenvalue weighted by Crippen LogP contribution is -2.15. The third-order valence-corrected chi connectivity index (χ3v) is 5.06. The predicted octanol–water partition coefficient (Wildman–Crippen LogP) is 4.82. The van der Waals surface area contributed by atoms with Crippen LogP contribution in [0.25, 0.3) is 10.9 Å². The van der Waals surface area contributed by atoms with Crippen molar-refractivity contribution in [1.82, 2.24) is 4.98 Å². The molecule has 29 heavy (non-hydrogen) atoms. The fourth-order valence-corrected chi connectivity index (χ4v) is 2.96. The summed E-state index contributed by atoms with van der Waals surface area (Å²) < 4.78 is 20.1. The van der Waals surface area contributed by atoms with Crippen LogP contribution in [-0.2, 0) is 6.54 Å². The van der Waals surface area contributed by atoms with E-state index in [0.29, 0.717) is 30.5 Å². The van der Waals surface area contributed by atoms with E-state index in [1.165, 1.54) is 12.1 Å². The van der Waals surface area contributed by atoms with Crippen LogP contribution in [0.5, 0.6) is 5.75 Å². The minimum atomic E-state index is -0.617. The zero-order chi connectivity index (χ0) is 21.0. The molecule has 6 heteroatoms. The largest absolute Gasteiger partial charge is 0.493 e. The Morgan fingerprint density at radius 3 is 2.76 bits per heavy atom. The van der Waals surface area contributed by atoms with Gasteiger partial charge in [-0.2, -0.15) is 0 Å². The van der Waals surface area contributed by atoms with Crippen LogP contribution in [0.15, 0.2) is 42.6 Å². The van der Waals surface area contributed by atoms with E-state index in [0.717, 1.165) is 28.5 Å². The summed E-state index contributed by atoms with van der Waals surface area (Å²) in [4.78, 5) is 17.1. The number of nitrogens with zero attached hydrogens (tertiary/aromatic N) is 1. The van der Waals surface area contributed by atoms with Gasteiger partial charge in [0.25, 0.3) is 5.91 Å². The second kappa shape index (κ2) is 9.01. The highest BCUT2D eigenvalue weighted by atomic mass is 19.1. The van der Waals surface area contributed by atoms with Crippen LogP contribution in [0.4, 0.5) is 10.1 Å². The number of ether oxygens (including phenoxy) is 1. The molecule has 1 atom stereocenters. The van der Waals surface area contributed by atoms with Gasteiger partial charge in [-0.15, -0.1) is 0 Å². The number of benzene rings is 2. The molecule has 0 saturated carbocycles. The highest BCUT2D eigenvalue weighted by molar-refractivity contribution is 6.06. The molecule has 0 radical (unpaired) electrons. The molecule has 2 aromatic carbocycles. The first kappa shape index (κ1) is 20.7. The average molecular weight is 395 g/mol. The van der Waals surface area contributed by atoms with Crippen molar-refractivity contribution in [3.63, 3.8) is 0 Å². The number of hydrogen-bond donors (Lipinski definition) is 2. The van der Waals surface area contributed by atoms with Crippen LogP contribution in [0.1, 0.15) is 41.8 Å². The van der Waals surface area contributed by atoms with Crippen molar-refractivity contribution in [3.8, 4) is 5.75 Å². The number of anilines is 1. The van der Waals surface area contributed by atoms with Gasteiger partial charge in [-0.25, -0.2) is 4.39 Å². The number of pyridine rings is 1. The zero-order valence-corrected chi connectivity index (χ0v) is 17.0. The number of carbonyl (C=O) groups excluding carboxylic acids is 1. The van der Waals surface area contributed by atoms with Crippen molar-refractivity contribution >= 4 is 22.5 Å². The van der Waals surface area contributed by atoms with E-state index in [1.807, 2.05) is 19.1 Å². The zero-order valence-electron chi connectivity index (χ0n) is 17.0. The molecule has 5 nitrogen and oxygen atoms in total. The van der Waals surface area contributed by atoms with Gasteiger partial charge in [-0.3, -0.25) is 9.78 Å². The van der Waals surface area contributed by atoms with E-state index >= 15 is 0 Å². The Bertz CT molecular complexity index is 1040. The van der Waals surface area contributed by atoms with Gasteiger partial charge >= 0.3 is 0 Å². The Hall–Kier alpha value is -2.99. The number of amides is 1. The number of aromatic nitrogens is 1. The summed E-state index contributed by atoms with van der Waals surface area (Å²) in [5.41, 5.74) is 8.74.